The second-order valence-corrected chi connectivity index (χ2v) is 7.03. The highest BCUT2D eigenvalue weighted by atomic mass is 19.1. The largest absolute Gasteiger partial charge is 0.442 e. The molecule has 142 valence electrons. The van der Waals surface area contributed by atoms with Crippen LogP contribution in [-0.2, 0) is 22.4 Å². The SMILES string of the molecule is Cc1nc2c([nH]1)CC(C(=O)NCC1CN(c3ccc(F)cc3)C(=O)O1)CC2. The number of nitrogens with zero attached hydrogens (tertiary/aromatic N) is 2. The van der Waals surface area contributed by atoms with Gasteiger partial charge in [0.15, 0.2) is 0 Å². The van der Waals surface area contributed by atoms with Crippen LogP contribution in [0.25, 0.3) is 0 Å². The highest BCUT2D eigenvalue weighted by Crippen LogP contribution is 2.25. The lowest BCUT2D eigenvalue weighted by molar-refractivity contribution is -0.125. The molecule has 0 radical (unpaired) electrons. The lowest BCUT2D eigenvalue weighted by Gasteiger charge is -2.21. The molecule has 1 aromatic carbocycles. The number of ether oxygens (including phenoxy) is 1. The number of imidazole rings is 1. The first-order valence-corrected chi connectivity index (χ1v) is 9.05. The molecule has 1 saturated heterocycles. The van der Waals surface area contributed by atoms with E-state index < -0.39 is 12.2 Å². The quantitative estimate of drug-likeness (QED) is 0.861. The van der Waals surface area contributed by atoms with Crippen molar-refractivity contribution in [3.63, 3.8) is 0 Å². The summed E-state index contributed by atoms with van der Waals surface area (Å²) in [7, 11) is 0. The smallest absolute Gasteiger partial charge is 0.414 e. The van der Waals surface area contributed by atoms with Crippen LogP contribution in [0.5, 0.6) is 0 Å². The third-order valence-electron chi connectivity index (χ3n) is 5.05. The van der Waals surface area contributed by atoms with E-state index in [-0.39, 0.29) is 24.2 Å². The molecule has 1 aliphatic heterocycles. The number of H-pyrrole nitrogens is 1. The number of benzene rings is 1. The van der Waals surface area contributed by atoms with Gasteiger partial charge in [0.05, 0.1) is 18.8 Å². The number of aromatic amines is 1. The van der Waals surface area contributed by atoms with Gasteiger partial charge in [-0.2, -0.15) is 0 Å². The maximum absolute atomic E-state index is 13.0. The van der Waals surface area contributed by atoms with Gasteiger partial charge in [-0.1, -0.05) is 0 Å². The first-order valence-electron chi connectivity index (χ1n) is 9.05. The predicted molar refractivity (Wildman–Crippen MR) is 95.9 cm³/mol. The summed E-state index contributed by atoms with van der Waals surface area (Å²) < 4.78 is 18.4. The first-order chi connectivity index (χ1) is 13.0. The molecule has 2 N–H and O–H groups in total. The van der Waals surface area contributed by atoms with Crippen molar-refractivity contribution in [2.45, 2.75) is 32.3 Å². The number of aryl methyl sites for hydroxylation is 2. The summed E-state index contributed by atoms with van der Waals surface area (Å²) in [6.07, 6.45) is 1.27. The van der Waals surface area contributed by atoms with Crippen LogP contribution in [0.3, 0.4) is 0 Å². The number of nitrogens with one attached hydrogen (secondary N) is 2. The highest BCUT2D eigenvalue weighted by Gasteiger charge is 2.33. The van der Waals surface area contributed by atoms with Crippen LogP contribution in [0.1, 0.15) is 23.6 Å². The summed E-state index contributed by atoms with van der Waals surface area (Å²) in [5, 5.41) is 2.90. The normalized spacial score (nSPS) is 21.7. The number of hydrogen-bond acceptors (Lipinski definition) is 4. The molecule has 27 heavy (non-hydrogen) atoms. The van der Waals surface area contributed by atoms with Crippen LogP contribution in [0, 0.1) is 18.7 Å². The summed E-state index contributed by atoms with van der Waals surface area (Å²) in [4.78, 5) is 33.6. The van der Waals surface area contributed by atoms with Gasteiger partial charge in [0.1, 0.15) is 17.7 Å². The van der Waals surface area contributed by atoms with Gasteiger partial charge in [-0.05, 0) is 44.0 Å². The molecule has 1 fully saturated rings. The highest BCUT2D eigenvalue weighted by molar-refractivity contribution is 5.89. The predicted octanol–water partition coefficient (Wildman–Crippen LogP) is 2.10. The zero-order valence-corrected chi connectivity index (χ0v) is 15.0. The van der Waals surface area contributed by atoms with Gasteiger partial charge >= 0.3 is 6.09 Å². The van der Waals surface area contributed by atoms with E-state index in [1.165, 1.54) is 29.2 Å². The fourth-order valence-corrected chi connectivity index (χ4v) is 3.67. The molecule has 4 rings (SSSR count). The van der Waals surface area contributed by atoms with Gasteiger partial charge < -0.3 is 15.0 Å². The van der Waals surface area contributed by atoms with Crippen molar-refractivity contribution in [3.8, 4) is 0 Å². The van der Waals surface area contributed by atoms with E-state index in [0.29, 0.717) is 18.7 Å². The Kier molecular flexibility index (Phi) is 4.55. The second kappa shape index (κ2) is 7.02. The van der Waals surface area contributed by atoms with Crippen LogP contribution in [0.2, 0.25) is 0 Å². The fourth-order valence-electron chi connectivity index (χ4n) is 3.67. The number of cyclic esters (lactones) is 1. The lowest BCUT2D eigenvalue weighted by atomic mass is 9.89. The average molecular weight is 372 g/mol. The summed E-state index contributed by atoms with van der Waals surface area (Å²) in [5.74, 6) is 0.366. The maximum atomic E-state index is 13.0. The zero-order chi connectivity index (χ0) is 19.0. The minimum atomic E-state index is -0.490. The number of amides is 2. The minimum absolute atomic E-state index is 0.0378. The van der Waals surface area contributed by atoms with Crippen LogP contribution in [0.15, 0.2) is 24.3 Å². The molecule has 2 amide bonds. The third kappa shape index (κ3) is 3.65. The Hall–Kier alpha value is -2.90. The third-order valence-corrected chi connectivity index (χ3v) is 5.05. The van der Waals surface area contributed by atoms with Crippen molar-refractivity contribution in [2.24, 2.45) is 5.92 Å². The van der Waals surface area contributed by atoms with Crippen LogP contribution in [-0.4, -0.2) is 41.2 Å². The average Bonchev–Trinajstić information content (AvgIpc) is 3.21. The van der Waals surface area contributed by atoms with Crippen molar-refractivity contribution in [1.29, 1.82) is 0 Å². The number of aromatic nitrogens is 2. The van der Waals surface area contributed by atoms with E-state index in [0.717, 1.165) is 30.1 Å². The van der Waals surface area contributed by atoms with Gasteiger partial charge in [-0.3, -0.25) is 9.69 Å². The van der Waals surface area contributed by atoms with Crippen LogP contribution >= 0.6 is 0 Å². The lowest BCUT2D eigenvalue weighted by Crippen LogP contribution is -2.39. The van der Waals surface area contributed by atoms with E-state index in [4.69, 9.17) is 4.74 Å². The number of anilines is 1. The van der Waals surface area contributed by atoms with Gasteiger partial charge in [-0.25, -0.2) is 14.2 Å². The summed E-state index contributed by atoms with van der Waals surface area (Å²) >= 11 is 0. The summed E-state index contributed by atoms with van der Waals surface area (Å²) in [6, 6.07) is 5.66. The van der Waals surface area contributed by atoms with Gasteiger partial charge in [-0.15, -0.1) is 0 Å². The van der Waals surface area contributed by atoms with E-state index in [1.807, 2.05) is 6.92 Å². The molecule has 1 aromatic heterocycles. The minimum Gasteiger partial charge on any atom is -0.442 e. The fraction of sp³-hybridized carbons (Fsp3) is 0.421. The topological polar surface area (TPSA) is 87.3 Å². The standard InChI is InChI=1S/C19H21FN4O3/c1-11-22-16-7-2-12(8-17(16)23-11)18(25)21-9-15-10-24(19(26)27-15)14-5-3-13(20)4-6-14/h3-6,12,15H,2,7-10H2,1H3,(H,21,25)(H,22,23). The Morgan fingerprint density at radius 1 is 1.41 bits per heavy atom. The molecule has 8 heteroatoms. The van der Waals surface area contributed by atoms with Crippen molar-refractivity contribution in [2.75, 3.05) is 18.0 Å². The molecule has 1 aliphatic carbocycles. The molecular formula is C19H21FN4O3. The Labute approximate surface area is 155 Å². The molecule has 2 unspecified atom stereocenters. The van der Waals surface area contributed by atoms with Gasteiger partial charge in [0.25, 0.3) is 0 Å². The summed E-state index contributed by atoms with van der Waals surface area (Å²) in [5.41, 5.74) is 2.66. The van der Waals surface area contributed by atoms with Crippen molar-refractivity contribution in [3.05, 3.63) is 47.3 Å². The zero-order valence-electron chi connectivity index (χ0n) is 15.0. The number of rotatable bonds is 4. The maximum Gasteiger partial charge on any atom is 0.414 e. The second-order valence-electron chi connectivity index (χ2n) is 7.03. The van der Waals surface area contributed by atoms with Crippen molar-refractivity contribution < 1.29 is 18.7 Å². The molecule has 2 aromatic rings. The Balaban J connectivity index is 1.31. The molecule has 0 saturated carbocycles. The van der Waals surface area contributed by atoms with Crippen LogP contribution < -0.4 is 10.2 Å². The van der Waals surface area contributed by atoms with Crippen LogP contribution in [0.4, 0.5) is 14.9 Å². The van der Waals surface area contributed by atoms with Crippen molar-refractivity contribution in [1.82, 2.24) is 15.3 Å². The molecule has 2 atom stereocenters. The monoisotopic (exact) mass is 372 g/mol. The molecule has 7 nitrogen and oxygen atoms in total. The molecule has 0 spiro atoms. The van der Waals surface area contributed by atoms with E-state index in [9.17, 15) is 14.0 Å². The number of fused-ring (bicyclic) bond motifs is 1. The number of hydrogen-bond donors (Lipinski definition) is 2. The molecular weight excluding hydrogens is 351 g/mol. The van der Waals surface area contributed by atoms with E-state index in [2.05, 4.69) is 15.3 Å². The summed E-state index contributed by atoms with van der Waals surface area (Å²) in [6.45, 7) is 2.49. The van der Waals surface area contributed by atoms with E-state index in [1.54, 1.807) is 0 Å². The Morgan fingerprint density at radius 2 is 2.19 bits per heavy atom. The van der Waals surface area contributed by atoms with Gasteiger partial charge in [0.2, 0.25) is 5.91 Å². The number of carbonyl (C=O) groups is 2. The number of halogens is 1. The Bertz CT molecular complexity index is 864. The van der Waals surface area contributed by atoms with Crippen molar-refractivity contribution >= 4 is 17.7 Å². The first kappa shape index (κ1) is 17.5. The Morgan fingerprint density at radius 3 is 2.96 bits per heavy atom. The van der Waals surface area contributed by atoms with E-state index >= 15 is 0 Å². The number of carbonyl (C=O) groups excluding carboxylic acids is 2. The molecule has 0 bridgehead atoms. The van der Waals surface area contributed by atoms with Gasteiger partial charge in [0, 0.05) is 23.7 Å². The molecule has 2 heterocycles. The molecule has 2 aliphatic rings.